The molecular formula is C18H40N2. The van der Waals surface area contributed by atoms with Crippen molar-refractivity contribution in [3.63, 3.8) is 0 Å². The average Bonchev–Trinajstić information content (AvgIpc) is 2.48. The highest BCUT2D eigenvalue weighted by Gasteiger charge is 2.12. The summed E-state index contributed by atoms with van der Waals surface area (Å²) in [6, 6.07) is 0.835. The van der Waals surface area contributed by atoms with Crippen molar-refractivity contribution >= 4 is 0 Å². The second-order valence-corrected chi connectivity index (χ2v) is 6.22. The third kappa shape index (κ3) is 11.7. The van der Waals surface area contributed by atoms with E-state index in [1.807, 2.05) is 0 Å². The normalized spacial score (nSPS) is 14.4. The second-order valence-electron chi connectivity index (χ2n) is 6.22. The standard InChI is InChI=1S/C18H40N2/c1-4-7-8-9-10-11-12-13-14-15-16-20-18(6-3)17(19)5-2/h17-18,20H,4-16,19H2,1-3H3. The lowest BCUT2D eigenvalue weighted by atomic mass is 10.0. The Morgan fingerprint density at radius 3 is 1.65 bits per heavy atom. The first-order valence-corrected chi connectivity index (χ1v) is 9.25. The summed E-state index contributed by atoms with van der Waals surface area (Å²) in [5, 5.41) is 3.62. The Morgan fingerprint density at radius 1 is 0.700 bits per heavy atom. The van der Waals surface area contributed by atoms with E-state index in [0.29, 0.717) is 12.1 Å². The van der Waals surface area contributed by atoms with Gasteiger partial charge in [0.25, 0.3) is 0 Å². The SMILES string of the molecule is CCCCCCCCCCCCNC(CC)C(N)CC. The Hall–Kier alpha value is -0.0800. The number of nitrogens with two attached hydrogens (primary N) is 1. The van der Waals surface area contributed by atoms with Gasteiger partial charge >= 0.3 is 0 Å². The average molecular weight is 285 g/mol. The minimum absolute atomic E-state index is 0.322. The van der Waals surface area contributed by atoms with Gasteiger partial charge in [0.15, 0.2) is 0 Å². The molecule has 0 radical (unpaired) electrons. The number of rotatable bonds is 15. The smallest absolute Gasteiger partial charge is 0.0216 e. The quantitative estimate of drug-likeness (QED) is 0.415. The Morgan fingerprint density at radius 2 is 1.20 bits per heavy atom. The van der Waals surface area contributed by atoms with Crippen molar-refractivity contribution < 1.29 is 0 Å². The van der Waals surface area contributed by atoms with Gasteiger partial charge in [0.2, 0.25) is 0 Å². The fraction of sp³-hybridized carbons (Fsp3) is 1.00. The van der Waals surface area contributed by atoms with Crippen LogP contribution in [0.3, 0.4) is 0 Å². The van der Waals surface area contributed by atoms with E-state index in [2.05, 4.69) is 26.1 Å². The van der Waals surface area contributed by atoms with Gasteiger partial charge in [0, 0.05) is 12.1 Å². The lowest BCUT2D eigenvalue weighted by Gasteiger charge is -2.22. The fourth-order valence-electron chi connectivity index (χ4n) is 2.78. The summed E-state index contributed by atoms with van der Waals surface area (Å²) in [7, 11) is 0. The molecule has 0 saturated carbocycles. The molecule has 122 valence electrons. The van der Waals surface area contributed by atoms with Gasteiger partial charge in [0.05, 0.1) is 0 Å². The molecule has 0 aliphatic carbocycles. The summed E-state index contributed by atoms with van der Waals surface area (Å²) >= 11 is 0. The first-order chi connectivity index (χ1) is 9.76. The molecule has 2 nitrogen and oxygen atoms in total. The topological polar surface area (TPSA) is 38.0 Å². The molecule has 0 heterocycles. The molecule has 0 aromatic heterocycles. The maximum atomic E-state index is 6.10. The van der Waals surface area contributed by atoms with Crippen molar-refractivity contribution in [1.82, 2.24) is 5.32 Å². The second kappa shape index (κ2) is 15.3. The van der Waals surface area contributed by atoms with Crippen LogP contribution >= 0.6 is 0 Å². The number of nitrogens with one attached hydrogen (secondary N) is 1. The molecule has 20 heavy (non-hydrogen) atoms. The highest BCUT2D eigenvalue weighted by atomic mass is 14.9. The van der Waals surface area contributed by atoms with E-state index in [1.54, 1.807) is 0 Å². The van der Waals surface area contributed by atoms with Gasteiger partial charge in [-0.1, -0.05) is 78.6 Å². The van der Waals surface area contributed by atoms with Gasteiger partial charge < -0.3 is 11.1 Å². The zero-order valence-corrected chi connectivity index (χ0v) is 14.4. The first kappa shape index (κ1) is 19.9. The minimum atomic E-state index is 0.322. The van der Waals surface area contributed by atoms with Crippen LogP contribution in [0, 0.1) is 0 Å². The fourth-order valence-corrected chi connectivity index (χ4v) is 2.78. The van der Waals surface area contributed by atoms with E-state index in [1.165, 1.54) is 64.2 Å². The van der Waals surface area contributed by atoms with E-state index >= 15 is 0 Å². The molecule has 0 fully saturated rings. The van der Waals surface area contributed by atoms with E-state index < -0.39 is 0 Å². The molecule has 0 amide bonds. The lowest BCUT2D eigenvalue weighted by Crippen LogP contribution is -2.44. The van der Waals surface area contributed by atoms with Crippen molar-refractivity contribution in [3.05, 3.63) is 0 Å². The van der Waals surface area contributed by atoms with E-state index in [9.17, 15) is 0 Å². The Bertz CT molecular complexity index is 182. The Balaban J connectivity index is 3.23. The van der Waals surface area contributed by atoms with Crippen LogP contribution in [0.1, 0.15) is 97.8 Å². The highest BCUT2D eigenvalue weighted by Crippen LogP contribution is 2.10. The first-order valence-electron chi connectivity index (χ1n) is 9.25. The van der Waals surface area contributed by atoms with Gasteiger partial charge in [-0.3, -0.25) is 0 Å². The molecule has 0 spiro atoms. The molecule has 2 atom stereocenters. The molecule has 3 N–H and O–H groups in total. The van der Waals surface area contributed by atoms with Gasteiger partial charge in [-0.15, -0.1) is 0 Å². The predicted octanol–water partition coefficient (Wildman–Crippen LogP) is 5.01. The third-order valence-corrected chi connectivity index (χ3v) is 4.36. The maximum absolute atomic E-state index is 6.10. The van der Waals surface area contributed by atoms with Crippen molar-refractivity contribution in [2.75, 3.05) is 6.54 Å². The van der Waals surface area contributed by atoms with Crippen LogP contribution in [0.15, 0.2) is 0 Å². The van der Waals surface area contributed by atoms with Crippen molar-refractivity contribution in [2.24, 2.45) is 5.73 Å². The Kier molecular flexibility index (Phi) is 15.3. The summed E-state index contributed by atoms with van der Waals surface area (Å²) in [6.07, 6.45) is 16.3. The van der Waals surface area contributed by atoms with Gasteiger partial charge in [0.1, 0.15) is 0 Å². The van der Waals surface area contributed by atoms with E-state index in [0.717, 1.165) is 19.4 Å². The van der Waals surface area contributed by atoms with Gasteiger partial charge in [-0.05, 0) is 25.8 Å². The zero-order valence-electron chi connectivity index (χ0n) is 14.4. The summed E-state index contributed by atoms with van der Waals surface area (Å²) in [6.45, 7) is 7.83. The lowest BCUT2D eigenvalue weighted by molar-refractivity contribution is 0.402. The summed E-state index contributed by atoms with van der Waals surface area (Å²) < 4.78 is 0. The summed E-state index contributed by atoms with van der Waals surface area (Å²) in [5.74, 6) is 0. The minimum Gasteiger partial charge on any atom is -0.326 e. The zero-order chi connectivity index (χ0) is 15.1. The Labute approximate surface area is 128 Å². The number of hydrogen-bond donors (Lipinski definition) is 2. The monoisotopic (exact) mass is 284 g/mol. The molecule has 0 aliphatic rings. The van der Waals surface area contributed by atoms with E-state index in [-0.39, 0.29) is 0 Å². The summed E-state index contributed by atoms with van der Waals surface area (Å²) in [5.41, 5.74) is 6.10. The van der Waals surface area contributed by atoms with Crippen molar-refractivity contribution in [3.8, 4) is 0 Å². The molecule has 0 rings (SSSR count). The molecule has 2 heteroatoms. The van der Waals surface area contributed by atoms with E-state index in [4.69, 9.17) is 5.73 Å². The van der Waals surface area contributed by atoms with Crippen LogP contribution in [-0.2, 0) is 0 Å². The predicted molar refractivity (Wildman–Crippen MR) is 92.2 cm³/mol. The maximum Gasteiger partial charge on any atom is 0.0216 e. The van der Waals surface area contributed by atoms with Crippen molar-refractivity contribution in [2.45, 2.75) is 110 Å². The summed E-state index contributed by atoms with van der Waals surface area (Å²) in [4.78, 5) is 0. The molecule has 0 saturated heterocycles. The van der Waals surface area contributed by atoms with Crippen LogP contribution in [0.2, 0.25) is 0 Å². The number of hydrogen-bond acceptors (Lipinski definition) is 2. The molecule has 0 aromatic carbocycles. The molecule has 0 aliphatic heterocycles. The van der Waals surface area contributed by atoms with Gasteiger partial charge in [-0.25, -0.2) is 0 Å². The third-order valence-electron chi connectivity index (χ3n) is 4.36. The molecular weight excluding hydrogens is 244 g/mol. The van der Waals surface area contributed by atoms with Gasteiger partial charge in [-0.2, -0.15) is 0 Å². The molecule has 0 bridgehead atoms. The van der Waals surface area contributed by atoms with Crippen LogP contribution < -0.4 is 11.1 Å². The largest absolute Gasteiger partial charge is 0.326 e. The number of unbranched alkanes of at least 4 members (excludes halogenated alkanes) is 9. The van der Waals surface area contributed by atoms with Crippen molar-refractivity contribution in [1.29, 1.82) is 0 Å². The van der Waals surface area contributed by atoms with Crippen LogP contribution in [0.4, 0.5) is 0 Å². The van der Waals surface area contributed by atoms with Crippen LogP contribution in [0.5, 0.6) is 0 Å². The highest BCUT2D eigenvalue weighted by molar-refractivity contribution is 4.76. The molecule has 0 aromatic rings. The van der Waals surface area contributed by atoms with Crippen LogP contribution in [0.25, 0.3) is 0 Å². The molecule has 2 unspecified atom stereocenters. The van der Waals surface area contributed by atoms with Crippen LogP contribution in [-0.4, -0.2) is 18.6 Å².